The van der Waals surface area contributed by atoms with Gasteiger partial charge in [0.1, 0.15) is 5.82 Å². The number of rotatable bonds is 0. The Morgan fingerprint density at radius 3 is 2.47 bits per heavy atom. The van der Waals surface area contributed by atoms with Crippen LogP contribution >= 0.6 is 0 Å². The molecule has 3 rings (SSSR count). The summed E-state index contributed by atoms with van der Waals surface area (Å²) >= 11 is 0. The van der Waals surface area contributed by atoms with Gasteiger partial charge >= 0.3 is 0 Å². The van der Waals surface area contributed by atoms with E-state index in [1.165, 1.54) is 12.1 Å². The summed E-state index contributed by atoms with van der Waals surface area (Å²) in [6.07, 6.45) is 3.43. The topological polar surface area (TPSA) is 25.8 Å². The van der Waals surface area contributed by atoms with Crippen molar-refractivity contribution in [2.45, 2.75) is 0 Å². The number of fused-ring (bicyclic) bond motifs is 1. The molecule has 2 nitrogen and oxygen atoms in total. The summed E-state index contributed by atoms with van der Waals surface area (Å²) in [4.78, 5) is 8.51. The molecule has 0 radical (unpaired) electrons. The normalized spacial score (nSPS) is 9.95. The van der Waals surface area contributed by atoms with Crippen LogP contribution in [0.15, 0.2) is 54.9 Å². The van der Waals surface area contributed by atoms with Crippen LogP contribution < -0.4 is 0 Å². The van der Waals surface area contributed by atoms with E-state index >= 15 is 0 Å². The predicted octanol–water partition coefficient (Wildman–Crippen LogP) is 3.17. The smallest absolute Gasteiger partial charge is 0.123 e. The van der Waals surface area contributed by atoms with Gasteiger partial charge in [0, 0.05) is 23.5 Å². The summed E-state index contributed by atoms with van der Waals surface area (Å²) in [5.41, 5.74) is 3.21. The van der Waals surface area contributed by atoms with E-state index in [1.54, 1.807) is 24.5 Å². The molecule has 1 aromatic carbocycles. The van der Waals surface area contributed by atoms with Crippen LogP contribution in [0.2, 0.25) is 0 Å². The van der Waals surface area contributed by atoms with Gasteiger partial charge in [-0.15, -0.1) is 0 Å². The summed E-state index contributed by atoms with van der Waals surface area (Å²) < 4.78 is 12.8. The van der Waals surface area contributed by atoms with E-state index in [1.807, 2.05) is 18.2 Å². The van der Waals surface area contributed by atoms with Crippen LogP contribution in [0.1, 0.15) is 11.1 Å². The molecule has 0 bridgehead atoms. The Bertz CT molecular complexity index is 783. The van der Waals surface area contributed by atoms with Crippen LogP contribution in [0.3, 0.4) is 0 Å². The number of aromatic nitrogens is 2. The van der Waals surface area contributed by atoms with Gasteiger partial charge < -0.3 is 0 Å². The predicted molar refractivity (Wildman–Crippen MR) is 71.9 cm³/mol. The lowest BCUT2D eigenvalue weighted by atomic mass is 10.2. The molecule has 0 spiro atoms. The number of nitrogens with zero attached hydrogens (tertiary/aromatic N) is 2. The molecule has 0 N–H and O–H groups in total. The van der Waals surface area contributed by atoms with Crippen molar-refractivity contribution in [1.29, 1.82) is 0 Å². The van der Waals surface area contributed by atoms with Gasteiger partial charge in [0.2, 0.25) is 0 Å². The molecule has 0 atom stereocenters. The molecule has 0 fully saturated rings. The van der Waals surface area contributed by atoms with Crippen molar-refractivity contribution in [2.75, 3.05) is 0 Å². The third kappa shape index (κ3) is 2.58. The quantitative estimate of drug-likeness (QED) is 0.571. The van der Waals surface area contributed by atoms with Crippen molar-refractivity contribution in [3.63, 3.8) is 0 Å². The van der Waals surface area contributed by atoms with E-state index < -0.39 is 0 Å². The largest absolute Gasteiger partial charge is 0.255 e. The van der Waals surface area contributed by atoms with Gasteiger partial charge in [-0.3, -0.25) is 9.97 Å². The van der Waals surface area contributed by atoms with Crippen LogP contribution in [0.4, 0.5) is 4.39 Å². The highest BCUT2D eigenvalue weighted by atomic mass is 19.1. The van der Waals surface area contributed by atoms with Gasteiger partial charge in [-0.2, -0.15) is 0 Å². The second kappa shape index (κ2) is 4.87. The first-order chi connectivity index (χ1) is 9.31. The van der Waals surface area contributed by atoms with Gasteiger partial charge in [-0.05, 0) is 42.5 Å². The second-order valence-electron chi connectivity index (χ2n) is 4.02. The highest BCUT2D eigenvalue weighted by Crippen LogP contribution is 2.09. The van der Waals surface area contributed by atoms with Crippen molar-refractivity contribution in [2.24, 2.45) is 0 Å². The molecular weight excluding hydrogens is 239 g/mol. The van der Waals surface area contributed by atoms with E-state index in [9.17, 15) is 4.39 Å². The number of hydrogen-bond donors (Lipinski definition) is 0. The van der Waals surface area contributed by atoms with E-state index in [-0.39, 0.29) is 5.82 Å². The fourth-order valence-electron chi connectivity index (χ4n) is 1.70. The van der Waals surface area contributed by atoms with Gasteiger partial charge in [0.15, 0.2) is 0 Å². The molecule has 0 aliphatic rings. The second-order valence-corrected chi connectivity index (χ2v) is 4.02. The lowest BCUT2D eigenvalue weighted by molar-refractivity contribution is 0.627. The molecule has 2 heterocycles. The Hall–Kier alpha value is -2.73. The number of halogens is 1. The lowest BCUT2D eigenvalue weighted by Gasteiger charge is -1.95. The molecule has 90 valence electrons. The first-order valence-electron chi connectivity index (χ1n) is 5.80. The maximum atomic E-state index is 12.8. The maximum absolute atomic E-state index is 12.8. The zero-order valence-corrected chi connectivity index (χ0v) is 9.97. The summed E-state index contributed by atoms with van der Waals surface area (Å²) in [7, 11) is 0. The maximum Gasteiger partial charge on any atom is 0.123 e. The minimum atomic E-state index is -0.262. The van der Waals surface area contributed by atoms with Crippen molar-refractivity contribution in [3.05, 3.63) is 71.8 Å². The van der Waals surface area contributed by atoms with Crippen LogP contribution in [-0.2, 0) is 0 Å². The van der Waals surface area contributed by atoms with E-state index in [2.05, 4.69) is 21.8 Å². The molecule has 2 aromatic heterocycles. The summed E-state index contributed by atoms with van der Waals surface area (Å²) in [5.74, 6) is 5.70. The summed E-state index contributed by atoms with van der Waals surface area (Å²) in [6.45, 7) is 0. The number of pyridine rings is 2. The van der Waals surface area contributed by atoms with Crippen LogP contribution in [0, 0.1) is 17.7 Å². The van der Waals surface area contributed by atoms with Gasteiger partial charge in [-0.25, -0.2) is 4.39 Å². The van der Waals surface area contributed by atoms with Crippen molar-refractivity contribution in [1.82, 2.24) is 9.97 Å². The third-order valence-electron chi connectivity index (χ3n) is 2.65. The minimum absolute atomic E-state index is 0.262. The Labute approximate surface area is 110 Å². The SMILES string of the molecule is Fc1ccc(C#Cc2cnc3cccnc3c2)cc1. The Kier molecular flexibility index (Phi) is 2.91. The van der Waals surface area contributed by atoms with E-state index in [4.69, 9.17) is 0 Å². The molecular formula is C16H9FN2. The monoisotopic (exact) mass is 248 g/mol. The molecule has 0 aliphatic carbocycles. The molecule has 19 heavy (non-hydrogen) atoms. The molecule has 0 saturated heterocycles. The molecule has 3 aromatic rings. The molecule has 0 saturated carbocycles. The minimum Gasteiger partial charge on any atom is -0.255 e. The van der Waals surface area contributed by atoms with Crippen molar-refractivity contribution >= 4 is 11.0 Å². The number of hydrogen-bond acceptors (Lipinski definition) is 2. The Morgan fingerprint density at radius 1 is 0.842 bits per heavy atom. The zero-order valence-electron chi connectivity index (χ0n) is 9.97. The Balaban J connectivity index is 1.95. The Morgan fingerprint density at radius 2 is 1.63 bits per heavy atom. The highest BCUT2D eigenvalue weighted by Gasteiger charge is 1.95. The first kappa shape index (κ1) is 11.4. The highest BCUT2D eigenvalue weighted by molar-refractivity contribution is 5.75. The van der Waals surface area contributed by atoms with E-state index in [0.717, 1.165) is 22.2 Å². The fourth-order valence-corrected chi connectivity index (χ4v) is 1.70. The van der Waals surface area contributed by atoms with Gasteiger partial charge in [0.05, 0.1) is 11.0 Å². The van der Waals surface area contributed by atoms with Crippen LogP contribution in [0.25, 0.3) is 11.0 Å². The lowest BCUT2D eigenvalue weighted by Crippen LogP contribution is -1.84. The van der Waals surface area contributed by atoms with Crippen molar-refractivity contribution < 1.29 is 4.39 Å². The summed E-state index contributed by atoms with van der Waals surface area (Å²) in [6, 6.07) is 11.7. The average molecular weight is 248 g/mol. The third-order valence-corrected chi connectivity index (χ3v) is 2.65. The van der Waals surface area contributed by atoms with Gasteiger partial charge in [-0.1, -0.05) is 11.8 Å². The summed E-state index contributed by atoms with van der Waals surface area (Å²) in [5, 5.41) is 0. The zero-order chi connectivity index (χ0) is 13.1. The van der Waals surface area contributed by atoms with Crippen LogP contribution in [0.5, 0.6) is 0 Å². The molecule has 0 amide bonds. The molecule has 0 unspecified atom stereocenters. The van der Waals surface area contributed by atoms with Crippen LogP contribution in [-0.4, -0.2) is 9.97 Å². The molecule has 0 aliphatic heterocycles. The van der Waals surface area contributed by atoms with E-state index in [0.29, 0.717) is 0 Å². The van der Waals surface area contributed by atoms with Gasteiger partial charge in [0.25, 0.3) is 0 Å². The fraction of sp³-hybridized carbons (Fsp3) is 0. The number of benzene rings is 1. The first-order valence-corrected chi connectivity index (χ1v) is 5.80. The standard InChI is InChI=1S/C16H9FN2/c17-14-7-5-12(6-8-14)3-4-13-10-16-15(19-11-13)2-1-9-18-16/h1-2,5-11H. The average Bonchev–Trinajstić information content (AvgIpc) is 2.46. The molecule has 3 heteroatoms. The van der Waals surface area contributed by atoms with Crippen molar-refractivity contribution in [3.8, 4) is 11.8 Å².